The molecule has 0 heterocycles. The minimum Gasteiger partial charge on any atom is -0.483 e. The van der Waals surface area contributed by atoms with E-state index < -0.39 is 11.9 Å². The number of benzene rings is 4. The van der Waals surface area contributed by atoms with Gasteiger partial charge < -0.3 is 9.47 Å². The van der Waals surface area contributed by atoms with Gasteiger partial charge in [0.1, 0.15) is 11.5 Å². The summed E-state index contributed by atoms with van der Waals surface area (Å²) in [5.74, 6) is 0.103. The van der Waals surface area contributed by atoms with E-state index in [9.17, 15) is 9.59 Å². The van der Waals surface area contributed by atoms with Gasteiger partial charge in [-0.25, -0.2) is 10.2 Å². The van der Waals surface area contributed by atoms with E-state index in [0.29, 0.717) is 22.6 Å². The van der Waals surface area contributed by atoms with Crippen LogP contribution in [-0.4, -0.2) is 24.7 Å². The number of hydrogen-bond donors (Lipinski definition) is 1. The van der Waals surface area contributed by atoms with Crippen LogP contribution in [0.5, 0.6) is 11.5 Å². The number of carbonyl (C=O) groups excluding carboxylic acids is 2. The molecular formula is C27H22N2O4. The molecule has 4 rings (SSSR count). The van der Waals surface area contributed by atoms with Gasteiger partial charge >= 0.3 is 5.97 Å². The maximum Gasteiger partial charge on any atom is 0.343 e. The third-order valence-electron chi connectivity index (χ3n) is 4.98. The Kier molecular flexibility index (Phi) is 6.75. The monoisotopic (exact) mass is 438 g/mol. The number of carbonyl (C=O) groups is 2. The Labute approximate surface area is 191 Å². The molecule has 0 atom stereocenters. The molecule has 0 bridgehead atoms. The number of hydrazone groups is 1. The van der Waals surface area contributed by atoms with Crippen molar-refractivity contribution < 1.29 is 19.1 Å². The minimum atomic E-state index is -0.476. The number of nitrogens with one attached hydrogen (secondary N) is 1. The quantitative estimate of drug-likeness (QED) is 0.193. The van der Waals surface area contributed by atoms with Crippen LogP contribution in [0.25, 0.3) is 10.8 Å². The summed E-state index contributed by atoms with van der Waals surface area (Å²) in [5, 5.41) is 5.86. The predicted octanol–water partition coefficient (Wildman–Crippen LogP) is 4.90. The molecule has 4 aromatic rings. The van der Waals surface area contributed by atoms with E-state index in [2.05, 4.69) is 10.5 Å². The predicted molar refractivity (Wildman–Crippen MR) is 128 cm³/mol. The van der Waals surface area contributed by atoms with Gasteiger partial charge in [0.15, 0.2) is 6.61 Å². The van der Waals surface area contributed by atoms with Gasteiger partial charge in [-0.1, -0.05) is 66.7 Å². The minimum absolute atomic E-state index is 0.173. The number of esters is 1. The molecule has 0 aromatic heterocycles. The fraction of sp³-hybridized carbons (Fsp3) is 0.0741. The maximum absolute atomic E-state index is 12.6. The zero-order valence-corrected chi connectivity index (χ0v) is 18.0. The molecule has 0 saturated heterocycles. The van der Waals surface area contributed by atoms with Gasteiger partial charge in [0, 0.05) is 5.56 Å². The highest BCUT2D eigenvalue weighted by Gasteiger charge is 2.13. The van der Waals surface area contributed by atoms with E-state index >= 15 is 0 Å². The summed E-state index contributed by atoms with van der Waals surface area (Å²) in [6.45, 7) is 1.73. The first kappa shape index (κ1) is 21.8. The largest absolute Gasteiger partial charge is 0.483 e. The molecule has 1 N–H and O–H groups in total. The Bertz CT molecular complexity index is 1320. The molecule has 0 fully saturated rings. The second-order valence-electron chi connectivity index (χ2n) is 7.30. The van der Waals surface area contributed by atoms with Crippen LogP contribution in [0, 0.1) is 6.92 Å². The summed E-state index contributed by atoms with van der Waals surface area (Å²) >= 11 is 0. The SMILES string of the molecule is Cc1ccccc1OCC(=O)N/N=C/c1c(OC(=O)c2ccccc2)ccc2ccccc12. The van der Waals surface area contributed by atoms with Crippen molar-refractivity contribution in [3.63, 3.8) is 0 Å². The Morgan fingerprint density at radius 2 is 1.58 bits per heavy atom. The summed E-state index contributed by atoms with van der Waals surface area (Å²) in [4.78, 5) is 24.8. The Balaban J connectivity index is 1.51. The Hall–Kier alpha value is -4.45. The second kappa shape index (κ2) is 10.2. The topological polar surface area (TPSA) is 77.0 Å². The van der Waals surface area contributed by atoms with Crippen LogP contribution >= 0.6 is 0 Å². The molecule has 4 aromatic carbocycles. The van der Waals surface area contributed by atoms with Gasteiger partial charge in [0.05, 0.1) is 11.8 Å². The van der Waals surface area contributed by atoms with Crippen molar-refractivity contribution in [1.82, 2.24) is 5.43 Å². The number of rotatable bonds is 7. The summed E-state index contributed by atoms with van der Waals surface area (Å²) in [6, 6.07) is 27.4. The smallest absolute Gasteiger partial charge is 0.343 e. The van der Waals surface area contributed by atoms with Crippen molar-refractivity contribution in [2.24, 2.45) is 5.10 Å². The lowest BCUT2D eigenvalue weighted by atomic mass is 10.0. The van der Waals surface area contributed by atoms with Gasteiger partial charge in [-0.15, -0.1) is 0 Å². The molecule has 0 unspecified atom stereocenters. The summed E-state index contributed by atoms with van der Waals surface area (Å²) in [5.41, 5.74) is 4.42. The van der Waals surface area contributed by atoms with Crippen LogP contribution in [0.4, 0.5) is 0 Å². The fourth-order valence-electron chi connectivity index (χ4n) is 3.29. The normalized spacial score (nSPS) is 10.8. The lowest BCUT2D eigenvalue weighted by Crippen LogP contribution is -2.24. The number of aryl methyl sites for hydroxylation is 1. The molecule has 0 aliphatic rings. The third kappa shape index (κ3) is 5.43. The fourth-order valence-corrected chi connectivity index (χ4v) is 3.29. The lowest BCUT2D eigenvalue weighted by molar-refractivity contribution is -0.123. The van der Waals surface area contributed by atoms with E-state index in [0.717, 1.165) is 16.3 Å². The number of para-hydroxylation sites is 1. The van der Waals surface area contributed by atoms with Crippen molar-refractivity contribution in [2.75, 3.05) is 6.61 Å². The highest BCUT2D eigenvalue weighted by molar-refractivity contribution is 6.04. The maximum atomic E-state index is 12.6. The highest BCUT2D eigenvalue weighted by atomic mass is 16.5. The molecule has 6 nitrogen and oxygen atoms in total. The first-order chi connectivity index (χ1) is 16.1. The molecule has 6 heteroatoms. The van der Waals surface area contributed by atoms with Crippen LogP contribution in [0.15, 0.2) is 96.1 Å². The second-order valence-corrected chi connectivity index (χ2v) is 7.30. The van der Waals surface area contributed by atoms with Gasteiger partial charge in [-0.2, -0.15) is 5.10 Å². The van der Waals surface area contributed by atoms with Crippen molar-refractivity contribution in [3.05, 3.63) is 108 Å². The average molecular weight is 438 g/mol. The van der Waals surface area contributed by atoms with Crippen LogP contribution in [0.1, 0.15) is 21.5 Å². The number of fused-ring (bicyclic) bond motifs is 1. The molecule has 33 heavy (non-hydrogen) atoms. The van der Waals surface area contributed by atoms with E-state index in [-0.39, 0.29) is 6.61 Å². The summed E-state index contributed by atoms with van der Waals surface area (Å²) in [6.07, 6.45) is 1.47. The molecule has 164 valence electrons. The van der Waals surface area contributed by atoms with Crippen molar-refractivity contribution in [1.29, 1.82) is 0 Å². The first-order valence-corrected chi connectivity index (χ1v) is 10.4. The van der Waals surface area contributed by atoms with Gasteiger partial charge in [0.25, 0.3) is 5.91 Å². The Morgan fingerprint density at radius 1 is 0.848 bits per heavy atom. The standard InChI is InChI=1S/C27H22N2O4/c1-19-9-5-8-14-24(19)32-18-26(30)29-28-17-23-22-13-7-6-10-20(22)15-16-25(23)33-27(31)21-11-3-2-4-12-21/h2-17H,18H2,1H3,(H,29,30)/b28-17+. The average Bonchev–Trinajstić information content (AvgIpc) is 2.85. The molecular weight excluding hydrogens is 416 g/mol. The van der Waals surface area contributed by atoms with E-state index in [4.69, 9.17) is 9.47 Å². The van der Waals surface area contributed by atoms with Crippen molar-refractivity contribution in [3.8, 4) is 11.5 Å². The highest BCUT2D eigenvalue weighted by Crippen LogP contribution is 2.27. The molecule has 0 spiro atoms. The van der Waals surface area contributed by atoms with Gasteiger partial charge in [-0.05, 0) is 47.5 Å². The molecule has 0 radical (unpaired) electrons. The number of hydrogen-bond acceptors (Lipinski definition) is 5. The molecule has 0 saturated carbocycles. The summed E-state index contributed by atoms with van der Waals surface area (Å²) in [7, 11) is 0. The number of nitrogens with zero attached hydrogens (tertiary/aromatic N) is 1. The van der Waals surface area contributed by atoms with Gasteiger partial charge in [0.2, 0.25) is 0 Å². The Morgan fingerprint density at radius 3 is 2.39 bits per heavy atom. The third-order valence-corrected chi connectivity index (χ3v) is 4.98. The number of ether oxygens (including phenoxy) is 2. The number of amides is 1. The van der Waals surface area contributed by atoms with Crippen LogP contribution in [-0.2, 0) is 4.79 Å². The van der Waals surface area contributed by atoms with E-state index in [1.165, 1.54) is 6.21 Å². The molecule has 0 aliphatic carbocycles. The zero-order valence-electron chi connectivity index (χ0n) is 18.0. The summed E-state index contributed by atoms with van der Waals surface area (Å²) < 4.78 is 11.2. The first-order valence-electron chi connectivity index (χ1n) is 10.4. The molecule has 1 amide bonds. The van der Waals surface area contributed by atoms with E-state index in [1.54, 1.807) is 36.4 Å². The van der Waals surface area contributed by atoms with Crippen LogP contribution in [0.3, 0.4) is 0 Å². The lowest BCUT2D eigenvalue weighted by Gasteiger charge is -2.11. The van der Waals surface area contributed by atoms with Crippen molar-refractivity contribution >= 4 is 28.9 Å². The van der Waals surface area contributed by atoms with Crippen molar-refractivity contribution in [2.45, 2.75) is 6.92 Å². The zero-order chi connectivity index (χ0) is 23.0. The van der Waals surface area contributed by atoms with Crippen LogP contribution < -0.4 is 14.9 Å². The van der Waals surface area contributed by atoms with Crippen LogP contribution in [0.2, 0.25) is 0 Å². The van der Waals surface area contributed by atoms with E-state index in [1.807, 2.05) is 61.5 Å². The molecule has 0 aliphatic heterocycles. The van der Waals surface area contributed by atoms with Gasteiger partial charge in [-0.3, -0.25) is 4.79 Å².